The summed E-state index contributed by atoms with van der Waals surface area (Å²) >= 11 is 0. The second-order valence-corrected chi connectivity index (χ2v) is 10.4. The molecular formula is C23H30N5O4S-. The maximum atomic E-state index is 13.2. The average Bonchev–Trinajstić information content (AvgIpc) is 3.14. The summed E-state index contributed by atoms with van der Waals surface area (Å²) < 4.78 is 29.0. The number of carbonyl (C=O) groups excluding carboxylic acids is 1. The van der Waals surface area contributed by atoms with E-state index in [1.54, 1.807) is 0 Å². The molecule has 2 N–H and O–H groups in total. The first kappa shape index (κ1) is 21.4. The standard InChI is InChI=1S/C23H30N5O4S/c1-24-8-9-31-16-11-28-22(32-13-16)21(19-12-27(19)28)33(30)26-23(29)25-20-17-6-2-4-14(17)10-15-5-3-7-18(15)20/h10,16,19,24H,2-9,11-13H2,1H3,(H,25,29)/q-1. The van der Waals surface area contributed by atoms with Gasteiger partial charge in [0.1, 0.15) is 12.7 Å². The fourth-order valence-electron chi connectivity index (χ4n) is 5.59. The van der Waals surface area contributed by atoms with Crippen LogP contribution in [0.25, 0.3) is 0 Å². The van der Waals surface area contributed by atoms with Crippen LogP contribution < -0.4 is 10.6 Å². The first-order valence-corrected chi connectivity index (χ1v) is 13.0. The molecule has 2 saturated heterocycles. The fourth-order valence-corrected chi connectivity index (χ4v) is 6.63. The molecule has 10 heteroatoms. The van der Waals surface area contributed by atoms with Crippen LogP contribution in [0, 0.1) is 0 Å². The van der Waals surface area contributed by atoms with E-state index in [-0.39, 0.29) is 12.1 Å². The van der Waals surface area contributed by atoms with Crippen LogP contribution in [-0.2, 0) is 50.0 Å². The average molecular weight is 473 g/mol. The molecule has 2 aliphatic carbocycles. The minimum absolute atomic E-state index is 0.00124. The van der Waals surface area contributed by atoms with Crippen LogP contribution in [-0.4, -0.2) is 68.1 Å². The van der Waals surface area contributed by atoms with Crippen molar-refractivity contribution in [1.82, 2.24) is 15.3 Å². The summed E-state index contributed by atoms with van der Waals surface area (Å²) in [5.41, 5.74) is 6.11. The van der Waals surface area contributed by atoms with Gasteiger partial charge in [0.2, 0.25) is 0 Å². The van der Waals surface area contributed by atoms with Crippen molar-refractivity contribution < 1.29 is 18.5 Å². The molecule has 6 rings (SSSR count). The van der Waals surface area contributed by atoms with E-state index in [2.05, 4.69) is 26.1 Å². The van der Waals surface area contributed by atoms with Crippen molar-refractivity contribution in [1.29, 1.82) is 0 Å². The van der Waals surface area contributed by atoms with Crippen LogP contribution in [0.3, 0.4) is 0 Å². The number of carbonyl (C=O) groups is 1. The van der Waals surface area contributed by atoms with Gasteiger partial charge in [-0.3, -0.25) is 5.01 Å². The number of fused-ring (bicyclic) bond motifs is 5. The Bertz CT molecular complexity index is 1080. The summed E-state index contributed by atoms with van der Waals surface area (Å²) in [5, 5.41) is 10.2. The monoisotopic (exact) mass is 472 g/mol. The molecule has 0 spiro atoms. The van der Waals surface area contributed by atoms with E-state index in [4.69, 9.17) is 9.47 Å². The summed E-state index contributed by atoms with van der Waals surface area (Å²) in [6.07, 6.45) is 6.28. The SMILES string of the molecule is CNCCOC1COC2=C([S-](=O)=NC(=O)Nc3c4c(cc5c3CCC5)CCC4)C3CN3N2C1. The predicted molar refractivity (Wildman–Crippen MR) is 124 cm³/mol. The number of hydrogen-bond acceptors (Lipinski definition) is 8. The van der Waals surface area contributed by atoms with Gasteiger partial charge in [-0.2, -0.15) is 0 Å². The molecule has 1 aromatic rings. The summed E-state index contributed by atoms with van der Waals surface area (Å²) in [5.74, 6) is 0.580. The lowest BCUT2D eigenvalue weighted by Gasteiger charge is -2.35. The van der Waals surface area contributed by atoms with Crippen LogP contribution in [0.5, 0.6) is 0 Å². The number of hydrogen-bond donors (Lipinski definition) is 2. The zero-order valence-corrected chi connectivity index (χ0v) is 19.7. The lowest BCUT2D eigenvalue weighted by Crippen LogP contribution is -2.44. The molecule has 0 saturated carbocycles. The van der Waals surface area contributed by atoms with Crippen molar-refractivity contribution in [2.45, 2.75) is 50.7 Å². The van der Waals surface area contributed by atoms with E-state index in [1.807, 2.05) is 12.1 Å². The normalized spacial score (nSPS) is 27.7. The number of hydrazine groups is 1. The van der Waals surface area contributed by atoms with Gasteiger partial charge in [-0.15, -0.1) is 10.6 Å². The van der Waals surface area contributed by atoms with Crippen molar-refractivity contribution in [3.05, 3.63) is 39.1 Å². The smallest absolute Gasteiger partial charge is 0.322 e. The molecular weight excluding hydrogens is 442 g/mol. The quantitative estimate of drug-likeness (QED) is 0.372. The number of nitrogens with zero attached hydrogens (tertiary/aromatic N) is 3. The molecule has 33 heavy (non-hydrogen) atoms. The number of aryl methyl sites for hydroxylation is 2. The molecule has 0 radical (unpaired) electrons. The Hall–Kier alpha value is -2.14. The third kappa shape index (κ3) is 3.82. The minimum Gasteiger partial charge on any atom is -0.477 e. The fraction of sp³-hybridized carbons (Fsp3) is 0.609. The molecule has 3 aliphatic heterocycles. The molecule has 0 bridgehead atoms. The van der Waals surface area contributed by atoms with Crippen LogP contribution >= 0.6 is 0 Å². The van der Waals surface area contributed by atoms with E-state index in [0.29, 0.717) is 30.5 Å². The van der Waals surface area contributed by atoms with Crippen molar-refractivity contribution in [3.63, 3.8) is 0 Å². The molecule has 0 aromatic heterocycles. The van der Waals surface area contributed by atoms with Gasteiger partial charge in [0.15, 0.2) is 5.88 Å². The van der Waals surface area contributed by atoms with Crippen LogP contribution in [0.15, 0.2) is 21.2 Å². The van der Waals surface area contributed by atoms with E-state index in [9.17, 15) is 9.00 Å². The summed E-state index contributed by atoms with van der Waals surface area (Å²) in [7, 11) is 0.104. The number of urea groups is 1. The number of ether oxygens (including phenoxy) is 2. The lowest BCUT2D eigenvalue weighted by atomic mass is 9.99. The largest absolute Gasteiger partial charge is 0.477 e. The molecule has 3 heterocycles. The highest BCUT2D eigenvalue weighted by Gasteiger charge is 2.51. The van der Waals surface area contributed by atoms with Crippen LogP contribution in [0.1, 0.15) is 35.1 Å². The number of rotatable bonds is 6. The maximum absolute atomic E-state index is 13.2. The van der Waals surface area contributed by atoms with Gasteiger partial charge in [-0.05, 0) is 72.7 Å². The third-order valence-corrected chi connectivity index (χ3v) is 8.35. The predicted octanol–water partition coefficient (Wildman–Crippen LogP) is 2.06. The third-order valence-electron chi connectivity index (χ3n) is 7.19. The topological polar surface area (TPSA) is 95.3 Å². The second kappa shape index (κ2) is 8.57. The lowest BCUT2D eigenvalue weighted by molar-refractivity contribution is -0.0980. The number of anilines is 1. The molecule has 3 atom stereocenters. The highest BCUT2D eigenvalue weighted by atomic mass is 32.2. The molecule has 2 fully saturated rings. The first-order chi connectivity index (χ1) is 16.1. The zero-order valence-electron chi connectivity index (χ0n) is 18.9. The summed E-state index contributed by atoms with van der Waals surface area (Å²) in [6.45, 7) is 3.23. The zero-order chi connectivity index (χ0) is 22.5. The van der Waals surface area contributed by atoms with E-state index in [0.717, 1.165) is 57.3 Å². The van der Waals surface area contributed by atoms with Crippen molar-refractivity contribution in [3.8, 4) is 0 Å². The second-order valence-electron chi connectivity index (χ2n) is 9.30. The number of benzene rings is 1. The Balaban J connectivity index is 1.20. The molecule has 9 nitrogen and oxygen atoms in total. The van der Waals surface area contributed by atoms with Crippen LogP contribution in [0.2, 0.25) is 0 Å². The van der Waals surface area contributed by atoms with Crippen molar-refractivity contribution >= 4 is 22.3 Å². The van der Waals surface area contributed by atoms with E-state index >= 15 is 0 Å². The first-order valence-electron chi connectivity index (χ1n) is 11.9. The number of likely N-dealkylation sites (N-methyl/N-ethyl adjacent to an activating group) is 1. The molecule has 5 aliphatic rings. The van der Waals surface area contributed by atoms with Gasteiger partial charge in [0.05, 0.1) is 19.2 Å². The van der Waals surface area contributed by atoms with Gasteiger partial charge in [-0.25, -0.2) is 9.80 Å². The Morgan fingerprint density at radius 2 is 1.97 bits per heavy atom. The van der Waals surface area contributed by atoms with Gasteiger partial charge in [0, 0.05) is 18.8 Å². The number of amides is 2. The molecule has 2 amide bonds. The van der Waals surface area contributed by atoms with Crippen LogP contribution in [0.4, 0.5) is 10.5 Å². The summed E-state index contributed by atoms with van der Waals surface area (Å²) in [4.78, 5) is 13.5. The molecule has 3 unspecified atom stereocenters. The van der Waals surface area contributed by atoms with Gasteiger partial charge >= 0.3 is 6.03 Å². The highest BCUT2D eigenvalue weighted by Crippen LogP contribution is 2.43. The Morgan fingerprint density at radius 1 is 1.21 bits per heavy atom. The highest BCUT2D eigenvalue weighted by molar-refractivity contribution is 7.79. The Labute approximate surface area is 195 Å². The van der Waals surface area contributed by atoms with Gasteiger partial charge < -0.3 is 28.7 Å². The van der Waals surface area contributed by atoms with Gasteiger partial charge in [0.25, 0.3) is 0 Å². The molecule has 1 aromatic carbocycles. The van der Waals surface area contributed by atoms with E-state index in [1.165, 1.54) is 22.3 Å². The maximum Gasteiger partial charge on any atom is 0.322 e. The Morgan fingerprint density at radius 3 is 2.70 bits per heavy atom. The van der Waals surface area contributed by atoms with Crippen molar-refractivity contribution in [2.24, 2.45) is 4.36 Å². The Kier molecular flexibility index (Phi) is 5.56. The van der Waals surface area contributed by atoms with Gasteiger partial charge in [-0.1, -0.05) is 6.07 Å². The van der Waals surface area contributed by atoms with E-state index < -0.39 is 16.6 Å². The molecule has 178 valence electrons. The van der Waals surface area contributed by atoms with Crippen molar-refractivity contribution in [2.75, 3.05) is 45.2 Å². The number of nitrogens with one attached hydrogen (secondary N) is 2. The summed E-state index contributed by atoms with van der Waals surface area (Å²) in [6, 6.07) is 1.79. The minimum atomic E-state index is -1.79.